The van der Waals surface area contributed by atoms with E-state index in [1.807, 2.05) is 22.9 Å². The average Bonchev–Trinajstić information content (AvgIpc) is 3.08. The molecule has 0 saturated heterocycles. The molecular weight excluding hydrogens is 410 g/mol. The molecule has 2 aromatic carbocycles. The van der Waals surface area contributed by atoms with Gasteiger partial charge in [-0.2, -0.15) is 13.1 Å². The van der Waals surface area contributed by atoms with Crippen molar-refractivity contribution in [3.05, 3.63) is 48.0 Å². The minimum Gasteiger partial charge on any atom is -0.497 e. The molecule has 3 aromatic rings. The molecule has 2 N–H and O–H groups in total. The van der Waals surface area contributed by atoms with Crippen LogP contribution in [0.4, 0.5) is 4.79 Å². The summed E-state index contributed by atoms with van der Waals surface area (Å²) in [6.45, 7) is 4.91. The van der Waals surface area contributed by atoms with E-state index >= 15 is 0 Å². The van der Waals surface area contributed by atoms with Gasteiger partial charge in [0.05, 0.1) is 18.3 Å². The normalized spacial score (nSPS) is 12.0. The summed E-state index contributed by atoms with van der Waals surface area (Å²) >= 11 is 0. The zero-order chi connectivity index (χ0) is 21.9. The van der Waals surface area contributed by atoms with Crippen LogP contribution in [0.2, 0.25) is 0 Å². The Kier molecular flexibility index (Phi) is 5.94. The van der Waals surface area contributed by atoms with Crippen molar-refractivity contribution in [3.63, 3.8) is 0 Å². The van der Waals surface area contributed by atoms with E-state index in [2.05, 4.69) is 15.0 Å². The van der Waals surface area contributed by atoms with E-state index in [9.17, 15) is 13.2 Å². The maximum atomic E-state index is 12.0. The second-order valence-electron chi connectivity index (χ2n) is 7.45. The molecule has 0 unspecified atom stereocenters. The molecule has 10 nitrogen and oxygen atoms in total. The molecule has 0 aliphatic carbocycles. The highest BCUT2D eigenvalue weighted by molar-refractivity contribution is 7.88. The first-order chi connectivity index (χ1) is 14.1. The van der Waals surface area contributed by atoms with Gasteiger partial charge in [-0.15, -0.1) is 5.10 Å². The Labute approximate surface area is 174 Å². The topological polar surface area (TPSA) is 124 Å². The van der Waals surface area contributed by atoms with E-state index < -0.39 is 21.9 Å². The van der Waals surface area contributed by atoms with Crippen molar-refractivity contribution in [2.45, 2.75) is 32.9 Å². The quantitative estimate of drug-likeness (QED) is 0.611. The highest BCUT2D eigenvalue weighted by atomic mass is 32.2. The molecule has 160 valence electrons. The van der Waals surface area contributed by atoms with Crippen LogP contribution in [0.25, 0.3) is 16.7 Å². The van der Waals surface area contributed by atoms with Crippen molar-refractivity contribution in [1.82, 2.24) is 24.4 Å². The molecule has 0 radical (unpaired) electrons. The first kappa shape index (κ1) is 21.5. The molecule has 11 heteroatoms. The Hall–Kier alpha value is -3.18. The Morgan fingerprint density at radius 2 is 1.83 bits per heavy atom. The number of carbonyl (C=O) groups excluding carboxylic acids is 1. The number of rotatable bonds is 6. The average molecular weight is 433 g/mol. The zero-order valence-corrected chi connectivity index (χ0v) is 17.9. The summed E-state index contributed by atoms with van der Waals surface area (Å²) in [5.74, 6) is 0.689. The van der Waals surface area contributed by atoms with E-state index in [1.54, 1.807) is 56.8 Å². The van der Waals surface area contributed by atoms with Gasteiger partial charge in [0.2, 0.25) is 0 Å². The number of benzene rings is 2. The number of hydrogen-bond donors (Lipinski definition) is 2. The zero-order valence-electron chi connectivity index (χ0n) is 17.0. The van der Waals surface area contributed by atoms with Gasteiger partial charge in [0.15, 0.2) is 0 Å². The van der Waals surface area contributed by atoms with Crippen molar-refractivity contribution in [2.75, 3.05) is 7.11 Å². The van der Waals surface area contributed by atoms with E-state index in [0.29, 0.717) is 11.3 Å². The molecule has 0 aliphatic rings. The second-order valence-corrected chi connectivity index (χ2v) is 8.95. The monoisotopic (exact) mass is 433 g/mol. The number of ether oxygens (including phenoxy) is 2. The fraction of sp³-hybridized carbons (Fsp3) is 0.316. The lowest BCUT2D eigenvalue weighted by atomic mass is 10.2. The van der Waals surface area contributed by atoms with Gasteiger partial charge >= 0.3 is 16.3 Å². The third-order valence-corrected chi connectivity index (χ3v) is 4.88. The fourth-order valence-electron chi connectivity index (χ4n) is 2.59. The third-order valence-electron chi connectivity index (χ3n) is 3.92. The van der Waals surface area contributed by atoms with Gasteiger partial charge in [-0.25, -0.2) is 14.2 Å². The van der Waals surface area contributed by atoms with Crippen LogP contribution >= 0.6 is 0 Å². The Morgan fingerprint density at radius 3 is 2.47 bits per heavy atom. The van der Waals surface area contributed by atoms with Gasteiger partial charge in [-0.3, -0.25) is 0 Å². The van der Waals surface area contributed by atoms with Crippen LogP contribution in [0.5, 0.6) is 5.75 Å². The van der Waals surface area contributed by atoms with Gasteiger partial charge in [0.1, 0.15) is 16.9 Å². The van der Waals surface area contributed by atoms with Crippen LogP contribution in [-0.4, -0.2) is 42.2 Å². The predicted octanol–water partition coefficient (Wildman–Crippen LogP) is 2.29. The maximum absolute atomic E-state index is 12.0. The molecular formula is C19H23N5O5S. The smallest absolute Gasteiger partial charge is 0.422 e. The summed E-state index contributed by atoms with van der Waals surface area (Å²) in [6, 6.07) is 12.5. The van der Waals surface area contributed by atoms with Gasteiger partial charge in [0, 0.05) is 12.6 Å². The summed E-state index contributed by atoms with van der Waals surface area (Å²) in [5.41, 5.74) is 2.15. The van der Waals surface area contributed by atoms with E-state index in [4.69, 9.17) is 9.47 Å². The highest BCUT2D eigenvalue weighted by Gasteiger charge is 2.21. The Balaban J connectivity index is 1.67. The van der Waals surface area contributed by atoms with Crippen LogP contribution in [0.1, 0.15) is 26.3 Å². The molecule has 0 aliphatic heterocycles. The molecule has 0 saturated carbocycles. The van der Waals surface area contributed by atoms with Crippen LogP contribution in [0.3, 0.4) is 0 Å². The second kappa shape index (κ2) is 8.28. The van der Waals surface area contributed by atoms with E-state index in [0.717, 1.165) is 16.7 Å². The Morgan fingerprint density at radius 1 is 1.13 bits per heavy atom. The lowest BCUT2D eigenvalue weighted by molar-refractivity contribution is 0.0569. The van der Waals surface area contributed by atoms with Gasteiger partial charge in [-0.1, -0.05) is 17.3 Å². The minimum absolute atomic E-state index is 0.00958. The number of carbonyl (C=O) groups is 1. The summed E-state index contributed by atoms with van der Waals surface area (Å²) in [4.78, 5) is 11.6. The molecule has 0 bridgehead atoms. The van der Waals surface area contributed by atoms with E-state index in [1.165, 1.54) is 0 Å². The maximum Gasteiger partial charge on any atom is 0.422 e. The molecule has 1 heterocycles. The Bertz CT molecular complexity index is 1150. The van der Waals surface area contributed by atoms with Crippen LogP contribution in [-0.2, 0) is 21.5 Å². The van der Waals surface area contributed by atoms with Gasteiger partial charge < -0.3 is 9.47 Å². The van der Waals surface area contributed by atoms with Gasteiger partial charge in [0.25, 0.3) is 0 Å². The molecule has 3 rings (SSSR count). The van der Waals surface area contributed by atoms with Crippen molar-refractivity contribution >= 4 is 27.3 Å². The van der Waals surface area contributed by atoms with Crippen molar-refractivity contribution in [1.29, 1.82) is 0 Å². The summed E-state index contributed by atoms with van der Waals surface area (Å²) in [7, 11) is -2.47. The number of nitrogens with zero attached hydrogens (tertiary/aromatic N) is 3. The molecule has 0 atom stereocenters. The first-order valence-electron chi connectivity index (χ1n) is 9.05. The minimum atomic E-state index is -4.06. The molecule has 1 aromatic heterocycles. The van der Waals surface area contributed by atoms with Crippen LogP contribution < -0.4 is 14.2 Å². The van der Waals surface area contributed by atoms with Crippen molar-refractivity contribution in [2.24, 2.45) is 0 Å². The van der Waals surface area contributed by atoms with Crippen molar-refractivity contribution < 1.29 is 22.7 Å². The molecule has 1 amide bonds. The fourth-order valence-corrected chi connectivity index (χ4v) is 3.28. The summed E-state index contributed by atoms with van der Waals surface area (Å²) < 4.78 is 40.0. The largest absolute Gasteiger partial charge is 0.497 e. The van der Waals surface area contributed by atoms with E-state index in [-0.39, 0.29) is 6.54 Å². The molecule has 0 spiro atoms. The highest BCUT2D eigenvalue weighted by Crippen LogP contribution is 2.21. The third kappa shape index (κ3) is 5.45. The number of fused-ring (bicyclic) bond motifs is 1. The predicted molar refractivity (Wildman–Crippen MR) is 111 cm³/mol. The van der Waals surface area contributed by atoms with Crippen LogP contribution in [0, 0.1) is 0 Å². The lowest BCUT2D eigenvalue weighted by Crippen LogP contribution is -2.42. The number of methoxy groups -OCH3 is 1. The number of nitrogens with one attached hydrogen (secondary N) is 2. The molecule has 30 heavy (non-hydrogen) atoms. The summed E-state index contributed by atoms with van der Waals surface area (Å²) in [6.07, 6.45) is -1.04. The first-order valence-corrected chi connectivity index (χ1v) is 10.5. The lowest BCUT2D eigenvalue weighted by Gasteiger charge is -2.19. The number of hydrogen-bond acceptors (Lipinski definition) is 7. The van der Waals surface area contributed by atoms with Crippen molar-refractivity contribution in [3.8, 4) is 11.4 Å². The number of aromatic nitrogens is 3. The summed E-state index contributed by atoms with van der Waals surface area (Å²) in [5, 5.41) is 8.28. The molecule has 0 fully saturated rings. The SMILES string of the molecule is COc1ccc2nnn(-c3ccc(CNS(=O)(=O)NC(=O)OC(C)(C)C)cc3)c2c1. The van der Waals surface area contributed by atoms with Gasteiger partial charge in [-0.05, 0) is 50.6 Å². The standard InChI is InChI=1S/C19H23N5O5S/c1-19(2,3)29-18(25)22-30(26,27)20-12-13-5-7-14(8-6-13)24-17-11-15(28-4)9-10-16(17)21-23-24/h5-11,20H,12H2,1-4H3,(H,22,25). The van der Waals surface area contributed by atoms with Crippen LogP contribution in [0.15, 0.2) is 42.5 Å². The number of amides is 1.